The lowest BCUT2D eigenvalue weighted by Crippen LogP contribution is -2.46. The van der Waals surface area contributed by atoms with Crippen LogP contribution in [0.4, 0.5) is 4.39 Å². The number of likely N-dealkylation sites (N-methyl/N-ethyl adjacent to an activating group) is 1. The van der Waals surface area contributed by atoms with Crippen LogP contribution in [-0.4, -0.2) is 64.2 Å². The molecule has 1 aromatic heterocycles. The number of benzene rings is 1. The molecule has 10 heteroatoms. The van der Waals surface area contributed by atoms with E-state index in [9.17, 15) is 21.2 Å². The molecule has 2 heterocycles. The normalized spacial score (nSPS) is 22.4. The lowest BCUT2D eigenvalue weighted by Gasteiger charge is -2.31. The summed E-state index contributed by atoms with van der Waals surface area (Å²) in [7, 11) is -7.43. The Balaban J connectivity index is 1.84. The van der Waals surface area contributed by atoms with E-state index in [-0.39, 0.29) is 16.7 Å². The minimum atomic E-state index is -3.93. The molecule has 1 saturated heterocycles. The van der Waals surface area contributed by atoms with Gasteiger partial charge in [0.05, 0.1) is 27.7 Å². The van der Waals surface area contributed by atoms with Crippen LogP contribution >= 0.6 is 11.3 Å². The maximum atomic E-state index is 13.2. The van der Waals surface area contributed by atoms with Gasteiger partial charge in [-0.15, -0.1) is 11.3 Å². The molecule has 1 fully saturated rings. The van der Waals surface area contributed by atoms with Crippen LogP contribution in [-0.2, 0) is 19.7 Å². The van der Waals surface area contributed by atoms with Gasteiger partial charge in [0.25, 0.3) is 0 Å². The van der Waals surface area contributed by atoms with Gasteiger partial charge in [0.1, 0.15) is 5.82 Å². The van der Waals surface area contributed by atoms with E-state index in [1.807, 2.05) is 17.5 Å². The highest BCUT2D eigenvalue weighted by Gasteiger charge is 2.46. The predicted molar refractivity (Wildman–Crippen MR) is 118 cm³/mol. The zero-order valence-corrected chi connectivity index (χ0v) is 19.4. The van der Waals surface area contributed by atoms with Crippen LogP contribution in [0.15, 0.2) is 46.7 Å². The van der Waals surface area contributed by atoms with Gasteiger partial charge in [0.15, 0.2) is 19.7 Å². The largest absolute Gasteiger partial charge is 0.310 e. The third-order valence-corrected chi connectivity index (χ3v) is 10.7. The molecule has 0 amide bonds. The number of hydrogen-bond acceptors (Lipinski definition) is 7. The zero-order valence-electron chi connectivity index (χ0n) is 17.0. The second-order valence-electron chi connectivity index (χ2n) is 7.38. The molecule has 0 radical (unpaired) electrons. The monoisotopic (exact) mass is 474 g/mol. The molecule has 30 heavy (non-hydrogen) atoms. The van der Waals surface area contributed by atoms with Crippen molar-refractivity contribution in [3.63, 3.8) is 0 Å². The van der Waals surface area contributed by atoms with Gasteiger partial charge in [-0.05, 0) is 48.8 Å². The maximum Gasteiger partial charge on any atom is 0.183 e. The Morgan fingerprint density at radius 3 is 2.40 bits per heavy atom. The molecule has 1 unspecified atom stereocenters. The van der Waals surface area contributed by atoms with E-state index in [1.165, 1.54) is 12.1 Å². The minimum absolute atomic E-state index is 0.0254. The SMILES string of the molecule is CCN(CC)C(CN[C@H]1CS(=O)(=O)C[C@@H]1S(=O)(=O)c1ccc(F)cc1)c1cccs1. The van der Waals surface area contributed by atoms with E-state index in [0.717, 1.165) is 30.1 Å². The van der Waals surface area contributed by atoms with Gasteiger partial charge in [-0.25, -0.2) is 21.2 Å². The summed E-state index contributed by atoms with van der Waals surface area (Å²) >= 11 is 1.62. The molecular formula is C20H27FN2O4S3. The van der Waals surface area contributed by atoms with Gasteiger partial charge in [0.2, 0.25) is 0 Å². The first-order valence-corrected chi connectivity index (χ1v) is 14.1. The van der Waals surface area contributed by atoms with Crippen LogP contribution in [0.2, 0.25) is 0 Å². The minimum Gasteiger partial charge on any atom is -0.310 e. The molecule has 6 nitrogen and oxygen atoms in total. The van der Waals surface area contributed by atoms with Crippen molar-refractivity contribution in [2.75, 3.05) is 31.1 Å². The van der Waals surface area contributed by atoms with Crippen LogP contribution in [0, 0.1) is 5.82 Å². The molecule has 0 aliphatic carbocycles. The van der Waals surface area contributed by atoms with Crippen molar-refractivity contribution < 1.29 is 21.2 Å². The van der Waals surface area contributed by atoms with Crippen molar-refractivity contribution in [2.45, 2.75) is 36.1 Å². The van der Waals surface area contributed by atoms with Crippen molar-refractivity contribution in [3.8, 4) is 0 Å². The van der Waals surface area contributed by atoms with E-state index in [0.29, 0.717) is 6.54 Å². The summed E-state index contributed by atoms with van der Waals surface area (Å²) in [6.45, 7) is 6.21. The standard InChI is InChI=1S/C20H27FN2O4S3/c1-3-23(4-2)18(19-6-5-11-28-19)12-22-17-13-29(24,25)14-20(17)30(26,27)16-9-7-15(21)8-10-16/h5-11,17-18,20,22H,3-4,12-14H2,1-2H3/t17-,18?,20-/m0/s1. The van der Waals surface area contributed by atoms with Gasteiger partial charge in [-0.2, -0.15) is 0 Å². The highest BCUT2D eigenvalue weighted by Crippen LogP contribution is 2.28. The third kappa shape index (κ3) is 5.11. The topological polar surface area (TPSA) is 83.6 Å². The van der Waals surface area contributed by atoms with E-state index < -0.39 is 42.5 Å². The second kappa shape index (κ2) is 9.44. The van der Waals surface area contributed by atoms with Gasteiger partial charge in [-0.3, -0.25) is 4.90 Å². The quantitative estimate of drug-likeness (QED) is 0.563. The molecule has 166 valence electrons. The van der Waals surface area contributed by atoms with Gasteiger partial charge in [-0.1, -0.05) is 19.9 Å². The second-order valence-corrected chi connectivity index (χ2v) is 12.7. The Morgan fingerprint density at radius 1 is 1.17 bits per heavy atom. The fourth-order valence-corrected chi connectivity index (χ4v) is 9.51. The van der Waals surface area contributed by atoms with E-state index in [2.05, 4.69) is 24.1 Å². The van der Waals surface area contributed by atoms with Crippen LogP contribution in [0.5, 0.6) is 0 Å². The van der Waals surface area contributed by atoms with Crippen molar-refractivity contribution in [1.29, 1.82) is 0 Å². The summed E-state index contributed by atoms with van der Waals surface area (Å²) in [4.78, 5) is 3.34. The number of nitrogens with one attached hydrogen (secondary N) is 1. The van der Waals surface area contributed by atoms with E-state index >= 15 is 0 Å². The average Bonchev–Trinajstić information content (AvgIpc) is 3.33. The Labute approximate surface area is 181 Å². The molecule has 1 aliphatic rings. The van der Waals surface area contributed by atoms with Gasteiger partial charge < -0.3 is 5.32 Å². The zero-order chi connectivity index (χ0) is 21.9. The molecule has 0 saturated carbocycles. The van der Waals surface area contributed by atoms with Crippen molar-refractivity contribution in [1.82, 2.24) is 10.2 Å². The van der Waals surface area contributed by atoms with Crippen LogP contribution in [0.1, 0.15) is 24.8 Å². The Hall–Kier alpha value is -1.33. The smallest absolute Gasteiger partial charge is 0.183 e. The molecule has 3 rings (SSSR count). The van der Waals surface area contributed by atoms with E-state index in [4.69, 9.17) is 0 Å². The van der Waals surface area contributed by atoms with Crippen molar-refractivity contribution in [2.24, 2.45) is 0 Å². The van der Waals surface area contributed by atoms with Crippen LogP contribution < -0.4 is 5.32 Å². The third-order valence-electron chi connectivity index (χ3n) is 5.54. The number of halogens is 1. The highest BCUT2D eigenvalue weighted by atomic mass is 32.2. The summed E-state index contributed by atoms with van der Waals surface area (Å²) in [5.74, 6) is -1.20. The Morgan fingerprint density at radius 2 is 1.83 bits per heavy atom. The predicted octanol–water partition coefficient (Wildman–Crippen LogP) is 2.50. The lowest BCUT2D eigenvalue weighted by molar-refractivity contribution is 0.212. The van der Waals surface area contributed by atoms with Crippen LogP contribution in [0.3, 0.4) is 0 Å². The van der Waals surface area contributed by atoms with Crippen molar-refractivity contribution in [3.05, 3.63) is 52.5 Å². The highest BCUT2D eigenvalue weighted by molar-refractivity contribution is 7.96. The number of nitrogens with zero attached hydrogens (tertiary/aromatic N) is 1. The lowest BCUT2D eigenvalue weighted by atomic mass is 10.1. The molecule has 1 aromatic carbocycles. The molecule has 2 aromatic rings. The molecular weight excluding hydrogens is 447 g/mol. The molecule has 3 atom stereocenters. The van der Waals surface area contributed by atoms with Gasteiger partial charge in [0, 0.05) is 17.5 Å². The first-order chi connectivity index (χ1) is 14.2. The summed E-state index contributed by atoms with van der Waals surface area (Å²) in [5, 5.41) is 4.14. The first-order valence-electron chi connectivity index (χ1n) is 9.88. The van der Waals surface area contributed by atoms with Crippen LogP contribution in [0.25, 0.3) is 0 Å². The maximum absolute atomic E-state index is 13.2. The average molecular weight is 475 g/mol. The first kappa shape index (κ1) is 23.3. The number of thiophene rings is 1. The summed E-state index contributed by atoms with van der Waals surface area (Å²) in [6, 6.07) is 7.85. The summed E-state index contributed by atoms with van der Waals surface area (Å²) < 4.78 is 64.1. The molecule has 0 bridgehead atoms. The van der Waals surface area contributed by atoms with E-state index in [1.54, 1.807) is 11.3 Å². The Bertz CT molecular complexity index is 1030. The fraction of sp³-hybridized carbons (Fsp3) is 0.500. The summed E-state index contributed by atoms with van der Waals surface area (Å²) in [5.41, 5.74) is 0. The Kier molecular flexibility index (Phi) is 7.34. The van der Waals surface area contributed by atoms with Gasteiger partial charge >= 0.3 is 0 Å². The molecule has 1 N–H and O–H groups in total. The van der Waals surface area contributed by atoms with Crippen molar-refractivity contribution >= 4 is 31.0 Å². The summed E-state index contributed by atoms with van der Waals surface area (Å²) in [6.07, 6.45) is 0. The fourth-order valence-electron chi connectivity index (χ4n) is 3.93. The molecule has 1 aliphatic heterocycles. The number of hydrogen-bond donors (Lipinski definition) is 1. The number of rotatable bonds is 9. The molecule has 0 spiro atoms. The number of sulfone groups is 2.